The van der Waals surface area contributed by atoms with E-state index in [0.717, 1.165) is 25.7 Å². The molecule has 3 aromatic rings. The Balaban J connectivity index is 1.44. The minimum atomic E-state index is -0.577. The largest absolute Gasteiger partial charge is 0.494 e. The van der Waals surface area contributed by atoms with Gasteiger partial charge in [0.1, 0.15) is 6.61 Å². The molecule has 2 aromatic heterocycles. The van der Waals surface area contributed by atoms with Gasteiger partial charge in [0.15, 0.2) is 23.1 Å². The molecule has 0 radical (unpaired) electrons. The van der Waals surface area contributed by atoms with Gasteiger partial charge in [-0.25, -0.2) is 14.4 Å². The second kappa shape index (κ2) is 10.5. The number of ether oxygens (including phenoxy) is 2. The molecular formula is C25H27FN4O4. The molecule has 0 atom stereocenters. The molecule has 0 bridgehead atoms. The van der Waals surface area contributed by atoms with Crippen LogP contribution in [0.4, 0.5) is 16.0 Å². The van der Waals surface area contributed by atoms with Gasteiger partial charge >= 0.3 is 0 Å². The van der Waals surface area contributed by atoms with Crippen LogP contribution in [-0.2, 0) is 6.61 Å². The summed E-state index contributed by atoms with van der Waals surface area (Å²) in [6, 6.07) is 6.33. The van der Waals surface area contributed by atoms with Crippen LogP contribution in [0.5, 0.6) is 11.5 Å². The molecule has 1 N–H and O–H groups in total. The molecule has 0 saturated heterocycles. The second-order valence-corrected chi connectivity index (χ2v) is 8.19. The summed E-state index contributed by atoms with van der Waals surface area (Å²) < 4.78 is 27.1. The van der Waals surface area contributed by atoms with Crippen molar-refractivity contribution in [2.24, 2.45) is 0 Å². The molecule has 0 spiro atoms. The first-order chi connectivity index (χ1) is 16.5. The fraction of sp³-hybridized carbons (Fsp3) is 0.360. The van der Waals surface area contributed by atoms with Crippen LogP contribution >= 0.6 is 0 Å². The maximum absolute atomic E-state index is 14.6. The van der Waals surface area contributed by atoms with Gasteiger partial charge in [0, 0.05) is 35.9 Å². The first-order valence-corrected chi connectivity index (χ1v) is 11.3. The Bertz CT molecular complexity index is 1220. The van der Waals surface area contributed by atoms with Crippen molar-refractivity contribution in [3.8, 4) is 11.5 Å². The number of anilines is 2. The molecule has 1 aliphatic rings. The first kappa shape index (κ1) is 23.4. The number of hydrogen-bond acceptors (Lipinski definition) is 7. The third kappa shape index (κ3) is 5.24. The maximum Gasteiger partial charge on any atom is 0.250 e. The monoisotopic (exact) mass is 466 g/mol. The standard InChI is InChI=1S/C25H27FN4O4/c1-3-21(31)16-10-17(24(26)22(11-16)33-2)15-34-20-12-27-25(28-13-20)29-18-8-9-23(32)30(14-18)19-6-4-5-7-19/h8-14,19H,3-7,15H2,1-2H3,(H,27,28,29). The molecule has 2 heterocycles. The van der Waals surface area contributed by atoms with Gasteiger partial charge in [0.2, 0.25) is 5.95 Å². The number of rotatable bonds is 9. The number of halogens is 1. The van der Waals surface area contributed by atoms with Gasteiger partial charge in [0.25, 0.3) is 5.56 Å². The summed E-state index contributed by atoms with van der Waals surface area (Å²) in [5, 5.41) is 3.10. The summed E-state index contributed by atoms with van der Waals surface area (Å²) in [4.78, 5) is 32.8. The average molecular weight is 467 g/mol. The molecule has 4 rings (SSSR count). The molecule has 9 heteroatoms. The minimum Gasteiger partial charge on any atom is -0.494 e. The van der Waals surface area contributed by atoms with Gasteiger partial charge in [-0.2, -0.15) is 0 Å². The number of pyridine rings is 1. The maximum atomic E-state index is 14.6. The lowest BCUT2D eigenvalue weighted by Gasteiger charge is -2.15. The van der Waals surface area contributed by atoms with Gasteiger partial charge in [-0.3, -0.25) is 9.59 Å². The summed E-state index contributed by atoms with van der Waals surface area (Å²) in [6.07, 6.45) is 9.33. The molecule has 1 aliphatic carbocycles. The van der Waals surface area contributed by atoms with Crippen LogP contribution in [0, 0.1) is 5.82 Å². The summed E-state index contributed by atoms with van der Waals surface area (Å²) in [5.74, 6) is -0.0172. The predicted octanol–water partition coefficient (Wildman–Crippen LogP) is 4.82. The van der Waals surface area contributed by atoms with Crippen molar-refractivity contribution < 1.29 is 18.7 Å². The molecule has 1 saturated carbocycles. The van der Waals surface area contributed by atoms with Crippen molar-refractivity contribution in [1.29, 1.82) is 0 Å². The number of ketones is 1. The number of methoxy groups -OCH3 is 1. The van der Waals surface area contributed by atoms with Crippen molar-refractivity contribution in [1.82, 2.24) is 14.5 Å². The summed E-state index contributed by atoms with van der Waals surface area (Å²) in [5.41, 5.74) is 1.27. The normalized spacial score (nSPS) is 13.6. The highest BCUT2D eigenvalue weighted by atomic mass is 19.1. The Morgan fingerprint density at radius 2 is 1.94 bits per heavy atom. The van der Waals surface area contributed by atoms with E-state index in [4.69, 9.17) is 9.47 Å². The Kier molecular flexibility index (Phi) is 7.20. The van der Waals surface area contributed by atoms with Gasteiger partial charge in [-0.05, 0) is 31.0 Å². The van der Waals surface area contributed by atoms with Crippen molar-refractivity contribution in [3.05, 3.63) is 70.2 Å². The molecule has 0 amide bonds. The highest BCUT2D eigenvalue weighted by Gasteiger charge is 2.18. The number of benzene rings is 1. The number of nitrogens with one attached hydrogen (secondary N) is 1. The molecule has 178 valence electrons. The van der Waals surface area contributed by atoms with Gasteiger partial charge in [-0.15, -0.1) is 0 Å². The Morgan fingerprint density at radius 1 is 1.21 bits per heavy atom. The second-order valence-electron chi connectivity index (χ2n) is 8.19. The molecule has 1 fully saturated rings. The Morgan fingerprint density at radius 3 is 2.62 bits per heavy atom. The van der Waals surface area contributed by atoms with Crippen LogP contribution in [0.2, 0.25) is 0 Å². The number of carbonyl (C=O) groups is 1. The van der Waals surface area contributed by atoms with E-state index in [1.807, 2.05) is 0 Å². The van der Waals surface area contributed by atoms with E-state index in [1.54, 1.807) is 29.8 Å². The van der Waals surface area contributed by atoms with Gasteiger partial charge < -0.3 is 19.4 Å². The zero-order valence-corrected chi connectivity index (χ0v) is 19.2. The summed E-state index contributed by atoms with van der Waals surface area (Å²) in [6.45, 7) is 1.63. The minimum absolute atomic E-state index is 0.00682. The molecule has 1 aromatic carbocycles. The number of carbonyl (C=O) groups excluding carboxylic acids is 1. The van der Waals surface area contributed by atoms with Crippen molar-refractivity contribution in [2.45, 2.75) is 51.7 Å². The van der Waals surface area contributed by atoms with Crippen molar-refractivity contribution >= 4 is 17.4 Å². The van der Waals surface area contributed by atoms with E-state index in [9.17, 15) is 14.0 Å². The third-order valence-corrected chi connectivity index (χ3v) is 5.91. The number of hydrogen-bond donors (Lipinski definition) is 1. The lowest BCUT2D eigenvalue weighted by Crippen LogP contribution is -2.22. The lowest BCUT2D eigenvalue weighted by atomic mass is 10.0. The number of aromatic nitrogens is 3. The number of nitrogens with zero attached hydrogens (tertiary/aromatic N) is 3. The van der Waals surface area contributed by atoms with Crippen LogP contribution in [0.1, 0.15) is 61.0 Å². The van der Waals surface area contributed by atoms with Crippen molar-refractivity contribution in [2.75, 3.05) is 12.4 Å². The van der Waals surface area contributed by atoms with E-state index >= 15 is 0 Å². The van der Waals surface area contributed by atoms with E-state index < -0.39 is 5.82 Å². The third-order valence-electron chi connectivity index (χ3n) is 5.91. The van der Waals surface area contributed by atoms with Crippen LogP contribution in [0.25, 0.3) is 0 Å². The highest BCUT2D eigenvalue weighted by Crippen LogP contribution is 2.29. The zero-order chi connectivity index (χ0) is 24.1. The van der Waals surface area contributed by atoms with E-state index in [2.05, 4.69) is 15.3 Å². The number of Topliss-reactive ketones (excluding diaryl/α,β-unsaturated/α-hetero) is 1. The van der Waals surface area contributed by atoms with Gasteiger partial charge in [-0.1, -0.05) is 19.8 Å². The quantitative estimate of drug-likeness (QED) is 0.452. The molecule has 34 heavy (non-hydrogen) atoms. The molecule has 8 nitrogen and oxygen atoms in total. The first-order valence-electron chi connectivity index (χ1n) is 11.3. The molecule has 0 aliphatic heterocycles. The lowest BCUT2D eigenvalue weighted by molar-refractivity contribution is 0.0987. The Hall–Kier alpha value is -3.75. The fourth-order valence-electron chi connectivity index (χ4n) is 4.07. The van der Waals surface area contributed by atoms with Crippen LogP contribution in [-0.4, -0.2) is 27.4 Å². The van der Waals surface area contributed by atoms with Gasteiger partial charge in [0.05, 0.1) is 25.2 Å². The van der Waals surface area contributed by atoms with E-state index in [-0.39, 0.29) is 35.3 Å². The highest BCUT2D eigenvalue weighted by molar-refractivity contribution is 5.96. The molecule has 0 unspecified atom stereocenters. The fourth-order valence-corrected chi connectivity index (χ4v) is 4.07. The van der Waals surface area contributed by atoms with Crippen LogP contribution in [0.15, 0.2) is 47.7 Å². The van der Waals surface area contributed by atoms with Crippen LogP contribution in [0.3, 0.4) is 0 Å². The SMILES string of the molecule is CCC(=O)c1cc(COc2cnc(Nc3ccc(=O)n(C4CCCC4)c3)nc2)c(F)c(OC)c1. The Labute approximate surface area is 196 Å². The smallest absolute Gasteiger partial charge is 0.250 e. The summed E-state index contributed by atoms with van der Waals surface area (Å²) in [7, 11) is 1.35. The zero-order valence-electron chi connectivity index (χ0n) is 19.2. The van der Waals surface area contributed by atoms with E-state index in [0.29, 0.717) is 29.4 Å². The average Bonchev–Trinajstić information content (AvgIpc) is 3.40. The predicted molar refractivity (Wildman–Crippen MR) is 125 cm³/mol. The van der Waals surface area contributed by atoms with Crippen molar-refractivity contribution in [3.63, 3.8) is 0 Å². The topological polar surface area (TPSA) is 95.3 Å². The van der Waals surface area contributed by atoms with Crippen LogP contribution < -0.4 is 20.3 Å². The summed E-state index contributed by atoms with van der Waals surface area (Å²) >= 11 is 0. The molecular weight excluding hydrogens is 439 g/mol. The van der Waals surface area contributed by atoms with E-state index in [1.165, 1.54) is 31.6 Å².